The molecule has 0 bridgehead atoms. The molecular weight excluding hydrogens is 274 g/mol. The Morgan fingerprint density at radius 3 is 2.05 bits per heavy atom. The lowest BCUT2D eigenvalue weighted by Crippen LogP contribution is -2.38. The Labute approximate surface area is 122 Å². The first-order chi connectivity index (χ1) is 10.0. The third-order valence-corrected chi connectivity index (χ3v) is 3.79. The first-order valence-electron chi connectivity index (χ1n) is 6.73. The lowest BCUT2D eigenvalue weighted by molar-refractivity contribution is 0.115. The maximum Gasteiger partial charge on any atom is 0.126 e. The van der Waals surface area contributed by atoms with Crippen LogP contribution in [0, 0.1) is 18.6 Å². The summed E-state index contributed by atoms with van der Waals surface area (Å²) in [6, 6.07) is 10.6. The molecule has 0 aromatic heterocycles. The highest BCUT2D eigenvalue weighted by molar-refractivity contribution is 5.36. The summed E-state index contributed by atoms with van der Waals surface area (Å²) in [6.07, 6.45) is 0.152. The van der Waals surface area contributed by atoms with Crippen molar-refractivity contribution in [2.75, 3.05) is 13.2 Å². The fraction of sp³-hybridized carbons (Fsp3) is 0.294. The first kappa shape index (κ1) is 15.6. The van der Waals surface area contributed by atoms with E-state index in [9.17, 15) is 19.0 Å². The monoisotopic (exact) mass is 292 g/mol. The third kappa shape index (κ3) is 3.28. The van der Waals surface area contributed by atoms with Crippen LogP contribution in [-0.4, -0.2) is 23.4 Å². The van der Waals surface area contributed by atoms with E-state index in [1.54, 1.807) is 0 Å². The smallest absolute Gasteiger partial charge is 0.126 e. The maximum absolute atomic E-state index is 13.3. The van der Waals surface area contributed by atoms with Crippen LogP contribution in [0.5, 0.6) is 0 Å². The lowest BCUT2D eigenvalue weighted by atomic mass is 9.75. The van der Waals surface area contributed by atoms with Crippen molar-refractivity contribution in [1.82, 2.24) is 0 Å². The van der Waals surface area contributed by atoms with Gasteiger partial charge in [-0.05, 0) is 42.2 Å². The molecule has 0 saturated carbocycles. The van der Waals surface area contributed by atoms with Crippen LogP contribution in [0.2, 0.25) is 0 Å². The molecule has 0 unspecified atom stereocenters. The van der Waals surface area contributed by atoms with Crippen molar-refractivity contribution in [2.24, 2.45) is 0 Å². The van der Waals surface area contributed by atoms with Crippen LogP contribution in [0.15, 0.2) is 42.5 Å². The largest absolute Gasteiger partial charge is 0.395 e. The predicted molar refractivity (Wildman–Crippen MR) is 77.1 cm³/mol. The van der Waals surface area contributed by atoms with Crippen LogP contribution in [0.4, 0.5) is 8.78 Å². The normalized spacial score (nSPS) is 11.7. The van der Waals surface area contributed by atoms with Gasteiger partial charge in [0, 0.05) is 11.5 Å². The molecular formula is C17H18F2O2. The average Bonchev–Trinajstić information content (AvgIpc) is 2.44. The van der Waals surface area contributed by atoms with E-state index in [2.05, 4.69) is 0 Å². The molecule has 0 heterocycles. The van der Waals surface area contributed by atoms with Gasteiger partial charge in [-0.25, -0.2) is 8.78 Å². The van der Waals surface area contributed by atoms with E-state index in [0.717, 1.165) is 17.2 Å². The molecule has 4 heteroatoms. The van der Waals surface area contributed by atoms with Crippen molar-refractivity contribution in [3.63, 3.8) is 0 Å². The summed E-state index contributed by atoms with van der Waals surface area (Å²) in [5.41, 5.74) is 1.13. The minimum Gasteiger partial charge on any atom is -0.395 e. The summed E-state index contributed by atoms with van der Waals surface area (Å²) in [7, 11) is 0. The summed E-state index contributed by atoms with van der Waals surface area (Å²) >= 11 is 0. The summed E-state index contributed by atoms with van der Waals surface area (Å²) in [4.78, 5) is 0. The van der Waals surface area contributed by atoms with E-state index in [4.69, 9.17) is 0 Å². The van der Waals surface area contributed by atoms with E-state index < -0.39 is 17.0 Å². The third-order valence-electron chi connectivity index (χ3n) is 3.79. The summed E-state index contributed by atoms with van der Waals surface area (Å²) < 4.78 is 26.7. The molecule has 0 fully saturated rings. The molecule has 0 amide bonds. The van der Waals surface area contributed by atoms with Crippen LogP contribution in [-0.2, 0) is 11.8 Å². The predicted octanol–water partition coefficient (Wildman–Crippen LogP) is 2.74. The van der Waals surface area contributed by atoms with Gasteiger partial charge in [0.1, 0.15) is 11.6 Å². The molecule has 2 rings (SSSR count). The second-order valence-electron chi connectivity index (χ2n) is 5.37. The molecule has 0 radical (unpaired) electrons. The Morgan fingerprint density at radius 1 is 0.952 bits per heavy atom. The number of hydrogen-bond donors (Lipinski definition) is 2. The van der Waals surface area contributed by atoms with Crippen LogP contribution < -0.4 is 0 Å². The van der Waals surface area contributed by atoms with Crippen LogP contribution in [0.25, 0.3) is 0 Å². The molecule has 112 valence electrons. The molecule has 2 nitrogen and oxygen atoms in total. The molecule has 2 aromatic rings. The van der Waals surface area contributed by atoms with Gasteiger partial charge in [-0.1, -0.05) is 24.3 Å². The Balaban J connectivity index is 2.45. The van der Waals surface area contributed by atoms with E-state index in [0.29, 0.717) is 5.56 Å². The number of benzene rings is 2. The van der Waals surface area contributed by atoms with Crippen molar-refractivity contribution in [2.45, 2.75) is 18.8 Å². The maximum atomic E-state index is 13.3. The Morgan fingerprint density at radius 2 is 1.52 bits per heavy atom. The van der Waals surface area contributed by atoms with Crippen molar-refractivity contribution in [3.8, 4) is 0 Å². The quantitative estimate of drug-likeness (QED) is 0.889. The second-order valence-corrected chi connectivity index (χ2v) is 5.37. The number of aryl methyl sites for hydroxylation is 1. The van der Waals surface area contributed by atoms with Gasteiger partial charge in [-0.2, -0.15) is 0 Å². The van der Waals surface area contributed by atoms with Gasteiger partial charge in [0.2, 0.25) is 0 Å². The van der Waals surface area contributed by atoms with Gasteiger partial charge in [0.05, 0.1) is 13.2 Å². The van der Waals surface area contributed by atoms with E-state index >= 15 is 0 Å². The molecule has 0 saturated heterocycles. The SMILES string of the molecule is Cc1ccccc1C(CO)(CO)Cc1cc(F)cc(F)c1. The van der Waals surface area contributed by atoms with E-state index in [1.165, 1.54) is 12.1 Å². The fourth-order valence-corrected chi connectivity index (χ4v) is 2.70. The molecule has 0 spiro atoms. The van der Waals surface area contributed by atoms with Crippen LogP contribution in [0.1, 0.15) is 16.7 Å². The van der Waals surface area contributed by atoms with Crippen molar-refractivity contribution >= 4 is 0 Å². The van der Waals surface area contributed by atoms with Crippen molar-refractivity contribution in [3.05, 3.63) is 70.8 Å². The molecule has 0 aliphatic rings. The number of halogens is 2. The molecule has 0 atom stereocenters. The van der Waals surface area contributed by atoms with Gasteiger partial charge in [0.15, 0.2) is 0 Å². The first-order valence-corrected chi connectivity index (χ1v) is 6.73. The van der Waals surface area contributed by atoms with Crippen molar-refractivity contribution < 1.29 is 19.0 Å². The molecule has 2 aromatic carbocycles. The van der Waals surface area contributed by atoms with Gasteiger partial charge >= 0.3 is 0 Å². The summed E-state index contributed by atoms with van der Waals surface area (Å²) in [5.74, 6) is -1.33. The zero-order valence-corrected chi connectivity index (χ0v) is 11.8. The lowest BCUT2D eigenvalue weighted by Gasteiger charge is -2.32. The van der Waals surface area contributed by atoms with Crippen LogP contribution in [0.3, 0.4) is 0 Å². The van der Waals surface area contributed by atoms with E-state index in [1.807, 2.05) is 31.2 Å². The minimum absolute atomic E-state index is 0.152. The number of aliphatic hydroxyl groups excluding tert-OH is 2. The van der Waals surface area contributed by atoms with E-state index in [-0.39, 0.29) is 19.6 Å². The van der Waals surface area contributed by atoms with Gasteiger partial charge in [-0.15, -0.1) is 0 Å². The number of rotatable bonds is 5. The standard InChI is InChI=1S/C17H18F2O2/c1-12-4-2-3-5-16(12)17(10-20,11-21)9-13-6-14(18)8-15(19)7-13/h2-8,20-21H,9-11H2,1H3. The molecule has 0 aliphatic carbocycles. The van der Waals surface area contributed by atoms with Crippen LogP contribution >= 0.6 is 0 Å². The minimum atomic E-state index is -0.967. The fourth-order valence-electron chi connectivity index (χ4n) is 2.70. The Kier molecular flexibility index (Phi) is 4.70. The number of hydrogen-bond acceptors (Lipinski definition) is 2. The highest BCUT2D eigenvalue weighted by atomic mass is 19.1. The molecule has 0 aliphatic heterocycles. The topological polar surface area (TPSA) is 40.5 Å². The summed E-state index contributed by atoms with van der Waals surface area (Å²) in [6.45, 7) is 1.25. The Hall–Kier alpha value is -1.78. The number of aliphatic hydroxyl groups is 2. The van der Waals surface area contributed by atoms with Gasteiger partial charge in [0.25, 0.3) is 0 Å². The summed E-state index contributed by atoms with van der Waals surface area (Å²) in [5, 5.41) is 19.6. The zero-order chi connectivity index (χ0) is 15.5. The average molecular weight is 292 g/mol. The highest BCUT2D eigenvalue weighted by Gasteiger charge is 2.32. The Bertz CT molecular complexity index is 602. The highest BCUT2D eigenvalue weighted by Crippen LogP contribution is 2.30. The van der Waals surface area contributed by atoms with Crippen molar-refractivity contribution in [1.29, 1.82) is 0 Å². The molecule has 2 N–H and O–H groups in total. The molecule has 21 heavy (non-hydrogen) atoms. The second kappa shape index (κ2) is 6.33. The van der Waals surface area contributed by atoms with Gasteiger partial charge in [-0.3, -0.25) is 0 Å². The zero-order valence-electron chi connectivity index (χ0n) is 11.8. The van der Waals surface area contributed by atoms with Gasteiger partial charge < -0.3 is 10.2 Å².